The van der Waals surface area contributed by atoms with Crippen molar-refractivity contribution in [3.8, 4) is 57.2 Å². The number of methoxy groups -OCH3 is 1. The normalized spacial score (nSPS) is 16.8. The molecule has 4 heterocycles. The van der Waals surface area contributed by atoms with Crippen LogP contribution < -0.4 is 5.32 Å². The summed E-state index contributed by atoms with van der Waals surface area (Å²) in [6.45, 7) is 4.84. The maximum Gasteiger partial charge on any atom is 0.407 e. The Morgan fingerprint density at radius 2 is 1.48 bits per heavy atom. The Morgan fingerprint density at radius 3 is 2.23 bits per heavy atom. The van der Waals surface area contributed by atoms with Crippen molar-refractivity contribution >= 4 is 18.1 Å². The summed E-state index contributed by atoms with van der Waals surface area (Å²) in [5.74, 6) is 13.2. The van der Waals surface area contributed by atoms with Crippen LogP contribution in [0.3, 0.4) is 0 Å². The third-order valence-corrected chi connectivity index (χ3v) is 10.3. The van der Waals surface area contributed by atoms with E-state index in [-0.39, 0.29) is 23.9 Å². The van der Waals surface area contributed by atoms with Crippen molar-refractivity contribution in [3.05, 3.63) is 108 Å². The van der Waals surface area contributed by atoms with Crippen LogP contribution in [0, 0.1) is 29.6 Å². The van der Waals surface area contributed by atoms with E-state index in [0.717, 1.165) is 58.3 Å². The van der Waals surface area contributed by atoms with Gasteiger partial charge in [-0.15, -0.1) is 0 Å². The van der Waals surface area contributed by atoms with Gasteiger partial charge in [-0.1, -0.05) is 74.4 Å². The molecule has 0 radical (unpaired) electrons. The molecule has 2 aliphatic rings. The Bertz CT molecular complexity index is 2360. The molecule has 3 amide bonds. The lowest BCUT2D eigenvalue weighted by Crippen LogP contribution is -2.51. The zero-order chi connectivity index (χ0) is 39.2. The molecule has 0 aliphatic carbocycles. The molecule has 12 heteroatoms. The average molecular weight is 750 g/mol. The lowest BCUT2D eigenvalue weighted by molar-refractivity contribution is -0.135. The second kappa shape index (κ2) is 16.7. The summed E-state index contributed by atoms with van der Waals surface area (Å²) in [7, 11) is 1.28. The Balaban J connectivity index is 1.18. The van der Waals surface area contributed by atoms with Crippen molar-refractivity contribution in [2.24, 2.45) is 5.92 Å². The van der Waals surface area contributed by atoms with Gasteiger partial charge in [0, 0.05) is 24.2 Å². The van der Waals surface area contributed by atoms with E-state index < -0.39 is 18.2 Å². The summed E-state index contributed by atoms with van der Waals surface area (Å²) in [4.78, 5) is 56.4. The number of H-pyrrole nitrogens is 2. The minimum absolute atomic E-state index is 0.131. The van der Waals surface area contributed by atoms with Crippen molar-refractivity contribution in [1.82, 2.24) is 35.1 Å². The van der Waals surface area contributed by atoms with E-state index in [1.807, 2.05) is 50.2 Å². The van der Waals surface area contributed by atoms with Crippen LogP contribution in [0.2, 0.25) is 0 Å². The SMILES string of the molecule is COC(=O)N[C@H](C(=O)N1CCC[C@H]1c1ncc(-c2ccc(C#CC#Cc3cnc([C@@H]4CCCN4C(=O)O)[nH]3)c(-c3cccc(-c4ccccc4)c3)c2)[nH]1)C(C)C. The lowest BCUT2D eigenvalue weighted by atomic mass is 9.94. The van der Waals surface area contributed by atoms with Crippen molar-refractivity contribution < 1.29 is 24.2 Å². The zero-order valence-electron chi connectivity index (χ0n) is 31.5. The maximum absolute atomic E-state index is 13.7. The molecule has 0 bridgehead atoms. The van der Waals surface area contributed by atoms with Crippen LogP contribution in [-0.4, -0.2) is 79.2 Å². The molecule has 12 nitrogen and oxygen atoms in total. The molecule has 56 heavy (non-hydrogen) atoms. The van der Waals surface area contributed by atoms with E-state index in [0.29, 0.717) is 36.9 Å². The number of carboxylic acid groups (broad SMARTS) is 1. The Labute approximate surface area is 325 Å². The molecule has 3 aromatic carbocycles. The predicted octanol–water partition coefficient (Wildman–Crippen LogP) is 7.40. The molecule has 5 aromatic rings. The van der Waals surface area contributed by atoms with E-state index in [1.54, 1.807) is 17.3 Å². The number of nitrogens with zero attached hydrogens (tertiary/aromatic N) is 4. The summed E-state index contributed by atoms with van der Waals surface area (Å²) >= 11 is 0. The zero-order valence-corrected chi connectivity index (χ0v) is 31.5. The molecule has 0 unspecified atom stereocenters. The number of amides is 3. The quantitative estimate of drug-likeness (QED) is 0.121. The van der Waals surface area contributed by atoms with Gasteiger partial charge in [0.2, 0.25) is 5.91 Å². The van der Waals surface area contributed by atoms with Gasteiger partial charge in [-0.3, -0.25) is 9.69 Å². The molecule has 284 valence electrons. The second-order valence-electron chi connectivity index (χ2n) is 14.3. The first-order valence-electron chi connectivity index (χ1n) is 18.8. The third kappa shape index (κ3) is 8.15. The number of nitrogens with one attached hydrogen (secondary N) is 3. The highest BCUT2D eigenvalue weighted by Gasteiger charge is 2.37. The average Bonchev–Trinajstić information content (AvgIpc) is 4.06. The number of carbonyl (C=O) groups excluding carboxylic acids is 2. The molecule has 0 saturated carbocycles. The standard InChI is InChI=1S/C44H43N7O5/c1-28(2)39(49-43(53)56-3)42(52)50-22-10-18-37(50)41-46-27-36(48-41)33-21-20-30(35(25-33)32-16-9-15-31(24-32)29-12-5-4-6-13-29)14-7-8-17-34-26-45-40(47-34)38-19-11-23-51(38)44(54)55/h4-6,9,12-13,15-16,20-21,24-28,37-39H,10-11,18-19,22-23H2,1-3H3,(H,45,47)(H,46,48)(H,49,53)(H,54,55)/t37-,38-,39-/m0/s1. The van der Waals surface area contributed by atoms with Gasteiger partial charge in [0.15, 0.2) is 0 Å². The molecular weight excluding hydrogens is 707 g/mol. The number of benzene rings is 3. The Hall–Kier alpha value is -6.79. The summed E-state index contributed by atoms with van der Waals surface area (Å²) in [5, 5.41) is 12.2. The van der Waals surface area contributed by atoms with Crippen molar-refractivity contribution in [3.63, 3.8) is 0 Å². The smallest absolute Gasteiger partial charge is 0.407 e. The van der Waals surface area contributed by atoms with Crippen molar-refractivity contribution in [2.75, 3.05) is 20.2 Å². The van der Waals surface area contributed by atoms with Crippen LogP contribution in [0.1, 0.15) is 74.5 Å². The van der Waals surface area contributed by atoms with Gasteiger partial charge < -0.3 is 30.0 Å². The van der Waals surface area contributed by atoms with Gasteiger partial charge in [0.1, 0.15) is 23.4 Å². The first-order valence-corrected chi connectivity index (χ1v) is 18.8. The van der Waals surface area contributed by atoms with Gasteiger partial charge >= 0.3 is 12.2 Å². The molecule has 0 spiro atoms. The Kier molecular flexibility index (Phi) is 11.2. The third-order valence-electron chi connectivity index (χ3n) is 10.3. The number of aromatic nitrogens is 4. The number of hydrogen-bond acceptors (Lipinski definition) is 6. The van der Waals surface area contributed by atoms with Crippen LogP contribution in [0.4, 0.5) is 9.59 Å². The second-order valence-corrected chi connectivity index (χ2v) is 14.3. The highest BCUT2D eigenvalue weighted by Crippen LogP contribution is 2.35. The van der Waals surface area contributed by atoms with Crippen LogP contribution in [0.15, 0.2) is 85.2 Å². The van der Waals surface area contributed by atoms with Crippen LogP contribution in [-0.2, 0) is 9.53 Å². The fraction of sp³-hybridized carbons (Fsp3) is 0.295. The highest BCUT2D eigenvalue weighted by molar-refractivity contribution is 5.86. The number of aromatic amines is 2. The first kappa shape index (κ1) is 37.5. The summed E-state index contributed by atoms with van der Waals surface area (Å²) in [6.07, 6.45) is 4.87. The molecule has 2 aliphatic heterocycles. The fourth-order valence-corrected chi connectivity index (χ4v) is 7.45. The maximum atomic E-state index is 13.7. The molecule has 2 saturated heterocycles. The fourth-order valence-electron chi connectivity index (χ4n) is 7.45. The molecule has 4 N–H and O–H groups in total. The first-order chi connectivity index (χ1) is 27.2. The van der Waals surface area contributed by atoms with E-state index in [4.69, 9.17) is 9.72 Å². The number of rotatable bonds is 8. The van der Waals surface area contributed by atoms with Gasteiger partial charge in [0.25, 0.3) is 0 Å². The van der Waals surface area contributed by atoms with E-state index in [2.05, 4.69) is 80.3 Å². The summed E-state index contributed by atoms with van der Waals surface area (Å²) in [6, 6.07) is 23.3. The van der Waals surface area contributed by atoms with E-state index >= 15 is 0 Å². The summed E-state index contributed by atoms with van der Waals surface area (Å²) < 4.78 is 4.78. The number of carbonyl (C=O) groups is 3. The summed E-state index contributed by atoms with van der Waals surface area (Å²) in [5.41, 5.74) is 7.11. The molecule has 2 fully saturated rings. The molecule has 7 rings (SSSR count). The van der Waals surface area contributed by atoms with Crippen LogP contribution in [0.25, 0.3) is 33.5 Å². The molecule has 2 aromatic heterocycles. The van der Waals surface area contributed by atoms with Crippen molar-refractivity contribution in [2.45, 2.75) is 57.7 Å². The van der Waals surface area contributed by atoms with Crippen molar-refractivity contribution in [1.29, 1.82) is 0 Å². The molecular formula is C44H43N7O5. The van der Waals surface area contributed by atoms with E-state index in [1.165, 1.54) is 12.0 Å². The number of alkyl carbamates (subject to hydrolysis) is 1. The van der Waals surface area contributed by atoms with Gasteiger partial charge in [-0.2, -0.15) is 0 Å². The van der Waals surface area contributed by atoms with Gasteiger partial charge in [-0.05, 0) is 89.8 Å². The number of ether oxygens (including phenoxy) is 1. The largest absolute Gasteiger partial charge is 0.465 e. The van der Waals surface area contributed by atoms with Gasteiger partial charge in [-0.25, -0.2) is 19.6 Å². The van der Waals surface area contributed by atoms with Crippen LogP contribution in [0.5, 0.6) is 0 Å². The predicted molar refractivity (Wildman–Crippen MR) is 212 cm³/mol. The lowest BCUT2D eigenvalue weighted by Gasteiger charge is -2.30. The highest BCUT2D eigenvalue weighted by atomic mass is 16.5. The molecule has 3 atom stereocenters. The van der Waals surface area contributed by atoms with Crippen LogP contribution >= 0.6 is 0 Å². The van der Waals surface area contributed by atoms with Gasteiger partial charge in [0.05, 0.1) is 37.3 Å². The van der Waals surface area contributed by atoms with E-state index in [9.17, 15) is 19.5 Å². The number of likely N-dealkylation sites (tertiary alicyclic amines) is 2. The minimum atomic E-state index is -0.954. The minimum Gasteiger partial charge on any atom is -0.465 e. The number of hydrogen-bond donors (Lipinski definition) is 4. The topological polar surface area (TPSA) is 157 Å². The monoisotopic (exact) mass is 749 g/mol. The Morgan fingerprint density at radius 1 is 0.804 bits per heavy atom. The number of imidazole rings is 2.